The Labute approximate surface area is 329 Å². The Bertz CT molecular complexity index is 3410. The van der Waals surface area contributed by atoms with Crippen molar-refractivity contribution in [3.8, 4) is 11.1 Å². The molecular weight excluding hydrogens is 699 g/mol. The van der Waals surface area contributed by atoms with E-state index in [9.17, 15) is 0 Å². The van der Waals surface area contributed by atoms with E-state index in [4.69, 9.17) is 4.42 Å². The molecule has 5 heteroatoms. The Hall–Kier alpha value is -5.78. The van der Waals surface area contributed by atoms with Gasteiger partial charge in [0, 0.05) is 58.8 Å². The van der Waals surface area contributed by atoms with Gasteiger partial charge in [0.2, 0.25) is 0 Å². The second-order valence-corrected chi connectivity index (χ2v) is 19.0. The summed E-state index contributed by atoms with van der Waals surface area (Å²) in [5.74, 6) is 0. The first-order valence-electron chi connectivity index (χ1n) is 20.1. The van der Waals surface area contributed by atoms with Crippen molar-refractivity contribution in [2.24, 2.45) is 0 Å². The first-order valence-corrected chi connectivity index (χ1v) is 20.9. The Morgan fingerprint density at radius 3 is 2.16 bits per heavy atom. The zero-order chi connectivity index (χ0) is 37.4. The number of aryl methyl sites for hydroxylation is 1. The third-order valence-corrected chi connectivity index (χ3v) is 15.1. The molecule has 0 atom stereocenters. The average molecular weight is 739 g/mol. The minimum absolute atomic E-state index is 0.0724. The van der Waals surface area contributed by atoms with Crippen LogP contribution >= 0.6 is 11.3 Å². The lowest BCUT2D eigenvalue weighted by molar-refractivity contribution is 0.332. The molecule has 56 heavy (non-hydrogen) atoms. The molecule has 10 aromatic rings. The molecule has 2 aliphatic heterocycles. The van der Waals surface area contributed by atoms with Crippen molar-refractivity contribution < 1.29 is 4.42 Å². The summed E-state index contributed by atoms with van der Waals surface area (Å²) in [6, 6.07) is 46.0. The molecule has 0 radical (unpaired) electrons. The topological polar surface area (TPSA) is 21.3 Å². The Morgan fingerprint density at radius 2 is 1.32 bits per heavy atom. The standard InChI is InChI=1S/C51H39BN2OS/c1-28-25-37-38(51(4,5)24-23-50(37,2)3)27-40(28)53-39-22-21-33-31-15-9-11-20-42(31)56-49(33)44(39)52-43-36(26-29-13-6-7-14-30(29)46(43)53)32-17-12-18-35-45(32)54(52)47-34-16-8-10-19-41(34)55-48(35)47/h6-22,25-27H,23-24H2,1-5H3. The number of aromatic nitrogens is 1. The van der Waals surface area contributed by atoms with Gasteiger partial charge in [-0.2, -0.15) is 0 Å². The SMILES string of the molecule is Cc1cc2c(cc1N1c3ccc4c(sc5ccccc54)c3B3c4c(cc5ccccc5c41)-c1cccc4c5oc6ccccc6c5n3c14)C(C)(C)CCC2(C)C. The van der Waals surface area contributed by atoms with Crippen LogP contribution in [0.25, 0.3) is 75.0 Å². The van der Waals surface area contributed by atoms with E-state index in [2.05, 4.69) is 165 Å². The molecule has 0 unspecified atom stereocenters. The van der Waals surface area contributed by atoms with Crippen LogP contribution in [-0.4, -0.2) is 11.3 Å². The highest BCUT2D eigenvalue weighted by Crippen LogP contribution is 2.53. The second kappa shape index (κ2) is 10.3. The molecule has 0 bridgehead atoms. The first kappa shape index (κ1) is 31.4. The fraction of sp³-hybridized carbons (Fsp3) is 0.176. The lowest BCUT2D eigenvalue weighted by Crippen LogP contribution is -2.57. The lowest BCUT2D eigenvalue weighted by atomic mass is 9.44. The summed E-state index contributed by atoms with van der Waals surface area (Å²) in [5.41, 5.74) is 18.1. The molecule has 3 nitrogen and oxygen atoms in total. The van der Waals surface area contributed by atoms with E-state index in [1.807, 2.05) is 11.3 Å². The van der Waals surface area contributed by atoms with Gasteiger partial charge in [0.25, 0.3) is 0 Å². The number of para-hydroxylation sites is 2. The van der Waals surface area contributed by atoms with Gasteiger partial charge in [-0.1, -0.05) is 107 Å². The van der Waals surface area contributed by atoms with Crippen molar-refractivity contribution in [2.45, 2.75) is 58.3 Å². The van der Waals surface area contributed by atoms with Crippen molar-refractivity contribution in [3.63, 3.8) is 0 Å². The summed E-state index contributed by atoms with van der Waals surface area (Å²) in [7, 11) is 0. The van der Waals surface area contributed by atoms with Crippen LogP contribution in [0.3, 0.4) is 0 Å². The summed E-state index contributed by atoms with van der Waals surface area (Å²) in [5, 5.41) is 7.55. The largest absolute Gasteiger partial charge is 0.454 e. The van der Waals surface area contributed by atoms with Crippen molar-refractivity contribution in [2.75, 3.05) is 4.90 Å². The summed E-state index contributed by atoms with van der Waals surface area (Å²) < 4.78 is 12.2. The molecule has 0 saturated carbocycles. The van der Waals surface area contributed by atoms with Gasteiger partial charge in [-0.3, -0.25) is 0 Å². The van der Waals surface area contributed by atoms with Crippen LogP contribution < -0.4 is 15.8 Å². The molecule has 0 amide bonds. The number of hydrogen-bond acceptors (Lipinski definition) is 3. The molecule has 0 saturated heterocycles. The molecule has 13 rings (SSSR count). The molecule has 0 spiro atoms. The Morgan fingerprint density at radius 1 is 0.607 bits per heavy atom. The van der Waals surface area contributed by atoms with Crippen LogP contribution in [-0.2, 0) is 10.8 Å². The smallest absolute Gasteiger partial charge is 0.334 e. The molecule has 0 N–H and O–H groups in total. The number of rotatable bonds is 1. The molecule has 5 heterocycles. The first-order chi connectivity index (χ1) is 27.2. The van der Waals surface area contributed by atoms with Crippen LogP contribution in [0.1, 0.15) is 57.2 Å². The molecule has 268 valence electrons. The minimum atomic E-state index is -0.0724. The minimum Gasteiger partial charge on any atom is -0.454 e. The van der Waals surface area contributed by atoms with Gasteiger partial charge in [0.15, 0.2) is 5.58 Å². The van der Waals surface area contributed by atoms with Crippen LogP contribution in [0.4, 0.5) is 17.1 Å². The normalized spacial score (nSPS) is 16.4. The lowest BCUT2D eigenvalue weighted by Gasteiger charge is -2.45. The fourth-order valence-corrected chi connectivity index (χ4v) is 12.4. The number of benzene rings is 7. The van der Waals surface area contributed by atoms with Gasteiger partial charge >= 0.3 is 6.85 Å². The van der Waals surface area contributed by atoms with Crippen molar-refractivity contribution in [1.82, 2.24) is 4.48 Å². The zero-order valence-electron chi connectivity index (χ0n) is 32.2. The third-order valence-electron chi connectivity index (χ3n) is 13.9. The van der Waals surface area contributed by atoms with Gasteiger partial charge in [-0.05, 0) is 112 Å². The predicted octanol–water partition coefficient (Wildman–Crippen LogP) is 13.1. The zero-order valence-corrected chi connectivity index (χ0v) is 33.1. The fourth-order valence-electron chi connectivity index (χ4n) is 11.1. The van der Waals surface area contributed by atoms with Crippen LogP contribution in [0.5, 0.6) is 0 Å². The van der Waals surface area contributed by atoms with Gasteiger partial charge in [0.05, 0.1) is 11.2 Å². The van der Waals surface area contributed by atoms with E-state index in [0.29, 0.717) is 0 Å². The maximum Gasteiger partial charge on any atom is 0.334 e. The highest BCUT2D eigenvalue weighted by Gasteiger charge is 2.46. The molecule has 3 aromatic heterocycles. The Kier molecular flexibility index (Phi) is 5.80. The molecule has 3 aliphatic rings. The summed E-state index contributed by atoms with van der Waals surface area (Å²) in [6.45, 7) is 12.1. The van der Waals surface area contributed by atoms with Crippen molar-refractivity contribution in [1.29, 1.82) is 0 Å². The molecule has 0 fully saturated rings. The number of furan rings is 1. The number of hydrogen-bond donors (Lipinski definition) is 0. The van der Waals surface area contributed by atoms with Crippen molar-refractivity contribution in [3.05, 3.63) is 138 Å². The quantitative estimate of drug-likeness (QED) is 0.156. The van der Waals surface area contributed by atoms with E-state index in [1.165, 1.54) is 121 Å². The number of anilines is 3. The number of nitrogens with zero attached hydrogens (tertiary/aromatic N) is 2. The maximum absolute atomic E-state index is 6.84. The monoisotopic (exact) mass is 738 g/mol. The van der Waals surface area contributed by atoms with Crippen LogP contribution in [0.15, 0.2) is 126 Å². The second-order valence-electron chi connectivity index (χ2n) is 17.9. The van der Waals surface area contributed by atoms with Crippen molar-refractivity contribution >= 4 is 110 Å². The number of fused-ring (bicyclic) bond motifs is 16. The summed E-state index contributed by atoms with van der Waals surface area (Å²) >= 11 is 1.95. The molecule has 1 aliphatic carbocycles. The highest BCUT2D eigenvalue weighted by atomic mass is 32.1. The van der Waals surface area contributed by atoms with E-state index in [0.717, 1.165) is 11.2 Å². The average Bonchev–Trinajstić information content (AvgIpc) is 3.88. The van der Waals surface area contributed by atoms with E-state index < -0.39 is 0 Å². The van der Waals surface area contributed by atoms with E-state index in [-0.39, 0.29) is 17.7 Å². The third kappa shape index (κ3) is 3.76. The van der Waals surface area contributed by atoms with Crippen LogP contribution in [0, 0.1) is 6.92 Å². The molecular formula is C51H39BN2OS. The van der Waals surface area contributed by atoms with Crippen LogP contribution in [0.2, 0.25) is 0 Å². The molecule has 7 aromatic carbocycles. The van der Waals surface area contributed by atoms with Gasteiger partial charge in [0.1, 0.15) is 5.58 Å². The Balaban J connectivity index is 1.26. The maximum atomic E-state index is 6.84. The summed E-state index contributed by atoms with van der Waals surface area (Å²) in [4.78, 5) is 2.68. The highest BCUT2D eigenvalue weighted by molar-refractivity contribution is 7.27. The number of thiophene rings is 1. The van der Waals surface area contributed by atoms with E-state index >= 15 is 0 Å². The van der Waals surface area contributed by atoms with Gasteiger partial charge < -0.3 is 13.8 Å². The predicted molar refractivity (Wildman–Crippen MR) is 240 cm³/mol. The van der Waals surface area contributed by atoms with Gasteiger partial charge in [-0.25, -0.2) is 0 Å². The van der Waals surface area contributed by atoms with E-state index in [1.54, 1.807) is 0 Å². The summed E-state index contributed by atoms with van der Waals surface area (Å²) in [6.07, 6.45) is 2.37. The van der Waals surface area contributed by atoms with Gasteiger partial charge in [-0.15, -0.1) is 11.3 Å².